The lowest BCUT2D eigenvalue weighted by molar-refractivity contribution is -0.384. The van der Waals surface area contributed by atoms with Crippen LogP contribution in [0.5, 0.6) is 0 Å². The molecule has 4 aromatic rings. The molecule has 1 aromatic heterocycles. The Labute approximate surface area is 213 Å². The molecule has 3 aromatic carbocycles. The predicted octanol–water partition coefficient (Wildman–Crippen LogP) is 5.39. The van der Waals surface area contributed by atoms with Gasteiger partial charge in [0, 0.05) is 34.0 Å². The number of halogens is 2. The highest BCUT2D eigenvalue weighted by atomic mass is 35.5. The SMILES string of the molecule is O=C(CSc1nnc(-c2cccc([N+](=O)[O-])c2)n1-c1ccccc1)N/N=C\c1ccc(Cl)cc1Cl. The maximum absolute atomic E-state index is 12.4. The average molecular weight is 527 g/mol. The third kappa shape index (κ3) is 6.04. The van der Waals surface area contributed by atoms with Crippen molar-refractivity contribution in [3.8, 4) is 17.1 Å². The monoisotopic (exact) mass is 526 g/mol. The Morgan fingerprint density at radius 3 is 2.63 bits per heavy atom. The average Bonchev–Trinajstić information content (AvgIpc) is 3.29. The molecule has 0 aliphatic carbocycles. The van der Waals surface area contributed by atoms with E-state index in [0.29, 0.717) is 32.2 Å². The number of nitrogens with zero attached hydrogens (tertiary/aromatic N) is 5. The lowest BCUT2D eigenvalue weighted by Gasteiger charge is -2.10. The number of hydrazone groups is 1. The molecule has 0 bridgehead atoms. The molecule has 0 saturated heterocycles. The van der Waals surface area contributed by atoms with E-state index in [1.165, 1.54) is 18.3 Å². The van der Waals surface area contributed by atoms with Gasteiger partial charge in [-0.25, -0.2) is 5.43 Å². The molecule has 0 saturated carbocycles. The van der Waals surface area contributed by atoms with Crippen LogP contribution in [0.25, 0.3) is 17.1 Å². The van der Waals surface area contributed by atoms with Crippen molar-refractivity contribution in [3.63, 3.8) is 0 Å². The molecule has 0 fully saturated rings. The summed E-state index contributed by atoms with van der Waals surface area (Å²) in [6, 6.07) is 20.4. The van der Waals surface area contributed by atoms with Crippen LogP contribution in [-0.4, -0.2) is 37.6 Å². The molecular weight excluding hydrogens is 511 g/mol. The van der Waals surface area contributed by atoms with Crippen molar-refractivity contribution in [1.82, 2.24) is 20.2 Å². The lowest BCUT2D eigenvalue weighted by Crippen LogP contribution is -2.20. The molecule has 0 spiro atoms. The summed E-state index contributed by atoms with van der Waals surface area (Å²) in [6.07, 6.45) is 1.42. The summed E-state index contributed by atoms with van der Waals surface area (Å²) in [5, 5.41) is 25.0. The van der Waals surface area contributed by atoms with Gasteiger partial charge in [0.15, 0.2) is 11.0 Å². The number of thioether (sulfide) groups is 1. The van der Waals surface area contributed by atoms with E-state index in [0.717, 1.165) is 17.4 Å². The Morgan fingerprint density at radius 1 is 1.09 bits per heavy atom. The Bertz CT molecular complexity index is 1410. The maximum atomic E-state index is 12.4. The van der Waals surface area contributed by atoms with Crippen LogP contribution >= 0.6 is 35.0 Å². The number of nitro benzene ring substituents is 1. The van der Waals surface area contributed by atoms with Gasteiger partial charge in [0.1, 0.15) is 0 Å². The second-order valence-electron chi connectivity index (χ2n) is 7.03. The van der Waals surface area contributed by atoms with Crippen LogP contribution in [0.2, 0.25) is 10.0 Å². The molecule has 0 atom stereocenters. The molecule has 1 amide bonds. The summed E-state index contributed by atoms with van der Waals surface area (Å²) >= 11 is 13.1. The van der Waals surface area contributed by atoms with Crippen molar-refractivity contribution < 1.29 is 9.72 Å². The zero-order valence-electron chi connectivity index (χ0n) is 17.8. The second-order valence-corrected chi connectivity index (χ2v) is 8.82. The summed E-state index contributed by atoms with van der Waals surface area (Å²) < 4.78 is 1.74. The number of aromatic nitrogens is 3. The Morgan fingerprint density at radius 2 is 1.89 bits per heavy atom. The molecule has 12 heteroatoms. The van der Waals surface area contributed by atoms with Crippen LogP contribution in [0.1, 0.15) is 5.56 Å². The van der Waals surface area contributed by atoms with E-state index in [1.807, 2.05) is 30.3 Å². The minimum atomic E-state index is -0.468. The fraction of sp³-hybridized carbons (Fsp3) is 0.0435. The highest BCUT2D eigenvalue weighted by molar-refractivity contribution is 7.99. The van der Waals surface area contributed by atoms with Gasteiger partial charge >= 0.3 is 0 Å². The van der Waals surface area contributed by atoms with Crippen molar-refractivity contribution in [2.75, 3.05) is 5.75 Å². The number of carbonyl (C=O) groups excluding carboxylic acids is 1. The Kier molecular flexibility index (Phi) is 7.76. The first kappa shape index (κ1) is 24.4. The summed E-state index contributed by atoms with van der Waals surface area (Å²) in [4.78, 5) is 23.1. The highest BCUT2D eigenvalue weighted by Crippen LogP contribution is 2.29. The molecule has 0 radical (unpaired) electrons. The first-order valence-corrected chi connectivity index (χ1v) is 11.8. The predicted molar refractivity (Wildman–Crippen MR) is 136 cm³/mol. The molecule has 176 valence electrons. The summed E-state index contributed by atoms with van der Waals surface area (Å²) in [5.41, 5.74) is 4.27. The number of non-ortho nitro benzene ring substituents is 1. The second kappa shape index (κ2) is 11.1. The minimum Gasteiger partial charge on any atom is -0.272 e. The van der Waals surface area contributed by atoms with Gasteiger partial charge in [-0.1, -0.05) is 71.4 Å². The van der Waals surface area contributed by atoms with Gasteiger partial charge < -0.3 is 0 Å². The number of para-hydroxylation sites is 1. The van der Waals surface area contributed by atoms with Crippen molar-refractivity contribution in [2.24, 2.45) is 5.10 Å². The van der Waals surface area contributed by atoms with Crippen molar-refractivity contribution >= 4 is 52.8 Å². The number of rotatable bonds is 8. The van der Waals surface area contributed by atoms with E-state index >= 15 is 0 Å². The minimum absolute atomic E-state index is 0.00555. The third-order valence-corrected chi connectivity index (χ3v) is 6.14. The van der Waals surface area contributed by atoms with Gasteiger partial charge in [-0.2, -0.15) is 5.10 Å². The van der Waals surface area contributed by atoms with Crippen LogP contribution < -0.4 is 5.43 Å². The summed E-state index contributed by atoms with van der Waals surface area (Å²) in [6.45, 7) is 0. The van der Waals surface area contributed by atoms with Crippen molar-refractivity contribution in [3.05, 3.63) is 98.5 Å². The first-order valence-electron chi connectivity index (χ1n) is 10.1. The smallest absolute Gasteiger partial charge is 0.270 e. The van der Waals surface area contributed by atoms with Crippen LogP contribution in [0, 0.1) is 10.1 Å². The van der Waals surface area contributed by atoms with Crippen LogP contribution in [-0.2, 0) is 4.79 Å². The van der Waals surface area contributed by atoms with Crippen molar-refractivity contribution in [1.29, 1.82) is 0 Å². The molecule has 0 unspecified atom stereocenters. The van der Waals surface area contributed by atoms with E-state index in [1.54, 1.807) is 34.9 Å². The number of benzene rings is 3. The summed E-state index contributed by atoms with van der Waals surface area (Å²) in [7, 11) is 0. The molecule has 0 aliphatic rings. The third-order valence-electron chi connectivity index (χ3n) is 4.65. The number of nitrogens with one attached hydrogen (secondary N) is 1. The maximum Gasteiger partial charge on any atom is 0.270 e. The number of carbonyl (C=O) groups is 1. The fourth-order valence-corrected chi connectivity index (χ4v) is 4.26. The van der Waals surface area contributed by atoms with E-state index in [4.69, 9.17) is 23.2 Å². The van der Waals surface area contributed by atoms with Gasteiger partial charge in [0.05, 0.1) is 21.9 Å². The zero-order chi connectivity index (χ0) is 24.8. The number of nitro groups is 1. The summed E-state index contributed by atoms with van der Waals surface area (Å²) in [5.74, 6) is 0.0556. The number of hydrogen-bond acceptors (Lipinski definition) is 7. The van der Waals surface area contributed by atoms with Crippen LogP contribution in [0.3, 0.4) is 0 Å². The van der Waals surface area contributed by atoms with E-state index in [9.17, 15) is 14.9 Å². The fourth-order valence-electron chi connectivity index (χ4n) is 3.06. The molecule has 35 heavy (non-hydrogen) atoms. The van der Waals surface area contributed by atoms with Gasteiger partial charge in [0.25, 0.3) is 11.6 Å². The van der Waals surface area contributed by atoms with Gasteiger partial charge in [0.2, 0.25) is 0 Å². The lowest BCUT2D eigenvalue weighted by atomic mass is 10.2. The van der Waals surface area contributed by atoms with E-state index < -0.39 is 4.92 Å². The van der Waals surface area contributed by atoms with Gasteiger partial charge in [-0.3, -0.25) is 19.5 Å². The Hall–Kier alpha value is -3.73. The Balaban J connectivity index is 1.53. The number of hydrogen-bond donors (Lipinski definition) is 1. The molecule has 1 N–H and O–H groups in total. The first-order chi connectivity index (χ1) is 16.9. The topological polar surface area (TPSA) is 115 Å². The largest absolute Gasteiger partial charge is 0.272 e. The van der Waals surface area contributed by atoms with Crippen LogP contribution in [0.15, 0.2) is 83.1 Å². The quantitative estimate of drug-likeness (QED) is 0.142. The normalized spacial score (nSPS) is 11.0. The standard InChI is InChI=1S/C23H16Cl2N6O3S/c24-17-10-9-16(20(25)12-17)13-26-27-21(32)14-35-23-29-28-22(30(23)18-6-2-1-3-7-18)15-5-4-8-19(11-15)31(33)34/h1-13H,14H2,(H,27,32)/b26-13-. The van der Waals surface area contributed by atoms with Gasteiger partial charge in [-0.05, 0) is 24.3 Å². The van der Waals surface area contributed by atoms with Gasteiger partial charge in [-0.15, -0.1) is 10.2 Å². The number of amides is 1. The molecule has 9 nitrogen and oxygen atoms in total. The van der Waals surface area contributed by atoms with E-state index in [-0.39, 0.29) is 17.3 Å². The molecule has 0 aliphatic heterocycles. The van der Waals surface area contributed by atoms with E-state index in [2.05, 4.69) is 20.7 Å². The van der Waals surface area contributed by atoms with Crippen molar-refractivity contribution in [2.45, 2.75) is 5.16 Å². The molecule has 1 heterocycles. The molecule has 4 rings (SSSR count). The molecular formula is C23H16Cl2N6O3S. The zero-order valence-corrected chi connectivity index (χ0v) is 20.2. The highest BCUT2D eigenvalue weighted by Gasteiger charge is 2.19. The van der Waals surface area contributed by atoms with Crippen LogP contribution in [0.4, 0.5) is 5.69 Å².